The number of ether oxygens (including phenoxy) is 1. The molecule has 0 rings (SSSR count). The van der Waals surface area contributed by atoms with Gasteiger partial charge in [-0.15, -0.1) is 0 Å². The summed E-state index contributed by atoms with van der Waals surface area (Å²) < 4.78 is 39.1. The van der Waals surface area contributed by atoms with E-state index in [-0.39, 0.29) is 47.7 Å². The predicted octanol–water partition coefficient (Wildman–Crippen LogP) is 2.55. The van der Waals surface area contributed by atoms with Crippen LogP contribution in [0.3, 0.4) is 0 Å². The Morgan fingerprint density at radius 2 is 1.27 bits per heavy atom. The van der Waals surface area contributed by atoms with Crippen LogP contribution in [0.1, 0.15) is 97.8 Å². The van der Waals surface area contributed by atoms with Crippen molar-refractivity contribution in [2.24, 2.45) is 0 Å². The van der Waals surface area contributed by atoms with Crippen molar-refractivity contribution < 1.29 is 66.1 Å². The first-order valence-electron chi connectivity index (χ1n) is 11.3. The van der Waals surface area contributed by atoms with Gasteiger partial charge in [-0.05, 0) is 19.8 Å². The van der Waals surface area contributed by atoms with Gasteiger partial charge in [0.1, 0.15) is 0 Å². The minimum atomic E-state index is -4.48. The second-order valence-electron chi connectivity index (χ2n) is 7.22. The molecule has 0 aliphatic heterocycles. The van der Waals surface area contributed by atoms with Crippen LogP contribution in [0, 0.1) is 0 Å². The number of carbonyl (C=O) groups excluding carboxylic acids is 1. The van der Waals surface area contributed by atoms with Crippen LogP contribution < -0.4 is 29.6 Å². The molecule has 0 fully saturated rings. The monoisotopic (exact) mass is 502 g/mol. The molecule has 0 heterocycles. The number of unbranched alkanes of at least 4 members (excludes halogenated alkanes) is 10. The maximum Gasteiger partial charge on any atom is 1.00 e. The van der Waals surface area contributed by atoms with Crippen LogP contribution in [-0.2, 0) is 28.9 Å². The van der Waals surface area contributed by atoms with Gasteiger partial charge in [0.25, 0.3) is 0 Å². The topological polar surface area (TPSA) is 130 Å². The third-order valence-electron chi connectivity index (χ3n) is 4.00. The molecule has 0 aliphatic rings. The molecular weight excluding hydrogens is 459 g/mol. The zero-order valence-electron chi connectivity index (χ0n) is 21.1. The minimum absolute atomic E-state index is 0. The van der Waals surface area contributed by atoms with E-state index in [1.54, 1.807) is 0 Å². The molecule has 1 N–H and O–H groups in total. The minimum Gasteiger partial charge on any atom is -0.726 e. The first-order valence-corrected chi connectivity index (χ1v) is 12.6. The number of esters is 1. The summed E-state index contributed by atoms with van der Waals surface area (Å²) in [6.45, 7) is 12.7. The fourth-order valence-corrected chi connectivity index (χ4v) is 2.45. The molecular formula is C23H43NaO8S. The summed E-state index contributed by atoms with van der Waals surface area (Å²) >= 11 is 0. The molecule has 10 heteroatoms. The standard InChI is InChI=1S/C12H26O4S.C7H12O2.C4H6O2.Na/c1-2-3-4-5-6-7-8-9-10-11-12-16-17(13,14)15;1-3-5-6-9-7(8)4-2;1-3(2)4(5)6;/h2-12H2,1H3,(H,13,14,15);4H,2-3,5-6H2,1H3;1H2,2H3,(H,5,6);/q;;;+1/p-1. The van der Waals surface area contributed by atoms with Crippen molar-refractivity contribution in [3.63, 3.8) is 0 Å². The molecule has 0 aromatic carbocycles. The summed E-state index contributed by atoms with van der Waals surface area (Å²) in [6, 6.07) is 0. The van der Waals surface area contributed by atoms with E-state index in [2.05, 4.69) is 29.0 Å². The number of carboxylic acid groups (broad SMARTS) is 1. The molecule has 0 aromatic heterocycles. The van der Waals surface area contributed by atoms with Crippen molar-refractivity contribution in [1.29, 1.82) is 0 Å². The number of hydrogen-bond donors (Lipinski definition) is 1. The zero-order chi connectivity index (χ0) is 25.3. The van der Waals surface area contributed by atoms with Crippen LogP contribution in [0.5, 0.6) is 0 Å². The van der Waals surface area contributed by atoms with E-state index in [1.165, 1.54) is 57.9 Å². The molecule has 8 nitrogen and oxygen atoms in total. The smallest absolute Gasteiger partial charge is 0.726 e. The Labute approximate surface area is 223 Å². The van der Waals surface area contributed by atoms with E-state index < -0.39 is 16.4 Å². The van der Waals surface area contributed by atoms with Gasteiger partial charge in [0.05, 0.1) is 13.2 Å². The van der Waals surface area contributed by atoms with E-state index >= 15 is 0 Å². The van der Waals surface area contributed by atoms with Gasteiger partial charge in [0, 0.05) is 11.6 Å². The van der Waals surface area contributed by atoms with E-state index in [0.717, 1.165) is 25.7 Å². The average molecular weight is 503 g/mol. The number of carboxylic acids is 1. The fraction of sp³-hybridized carbons (Fsp3) is 0.739. The molecule has 0 amide bonds. The maximum absolute atomic E-state index is 10.3. The first-order chi connectivity index (χ1) is 15.0. The molecule has 0 unspecified atom stereocenters. The maximum atomic E-state index is 10.3. The zero-order valence-corrected chi connectivity index (χ0v) is 23.9. The summed E-state index contributed by atoms with van der Waals surface area (Å²) in [6.07, 6.45) is 14.9. The Kier molecular flexibility index (Phi) is 35.1. The van der Waals surface area contributed by atoms with Crippen molar-refractivity contribution in [2.45, 2.75) is 97.8 Å². The first kappa shape index (κ1) is 39.5. The van der Waals surface area contributed by atoms with Gasteiger partial charge >= 0.3 is 41.5 Å². The summed E-state index contributed by atoms with van der Waals surface area (Å²) in [5.41, 5.74) is 0.176. The van der Waals surface area contributed by atoms with Crippen LogP contribution in [-0.4, -0.2) is 43.2 Å². The van der Waals surface area contributed by atoms with E-state index in [9.17, 15) is 22.6 Å². The third kappa shape index (κ3) is 45.5. The molecule has 0 saturated heterocycles. The SMILES string of the molecule is C=C(C)C(=O)O.C=CC(=O)OCCCC.CCCCCCCCCCCCOS(=O)(=O)[O-].[Na+]. The van der Waals surface area contributed by atoms with Crippen molar-refractivity contribution in [3.8, 4) is 0 Å². The normalized spacial score (nSPS) is 9.82. The van der Waals surface area contributed by atoms with Crippen LogP contribution >= 0.6 is 0 Å². The Bertz CT molecular complexity index is 579. The second-order valence-corrected chi connectivity index (χ2v) is 8.28. The Morgan fingerprint density at radius 1 is 0.879 bits per heavy atom. The Morgan fingerprint density at radius 3 is 1.61 bits per heavy atom. The molecule has 0 radical (unpaired) electrons. The Hall–Kier alpha value is -0.710. The molecule has 33 heavy (non-hydrogen) atoms. The van der Waals surface area contributed by atoms with Gasteiger partial charge in [-0.25, -0.2) is 18.0 Å². The molecule has 0 aromatic rings. The molecule has 0 bridgehead atoms. The second kappa shape index (κ2) is 29.3. The van der Waals surface area contributed by atoms with Crippen LogP contribution in [0.2, 0.25) is 0 Å². The number of carbonyl (C=O) groups is 2. The molecule has 0 saturated carbocycles. The van der Waals surface area contributed by atoms with E-state index in [4.69, 9.17) is 5.11 Å². The quantitative estimate of drug-likeness (QED) is 0.0802. The molecule has 190 valence electrons. The van der Waals surface area contributed by atoms with E-state index in [1.807, 2.05) is 6.92 Å². The largest absolute Gasteiger partial charge is 1.00 e. The van der Waals surface area contributed by atoms with Gasteiger partial charge in [0.15, 0.2) is 0 Å². The van der Waals surface area contributed by atoms with Crippen molar-refractivity contribution >= 4 is 22.3 Å². The van der Waals surface area contributed by atoms with Gasteiger partial charge in [0.2, 0.25) is 10.4 Å². The summed E-state index contributed by atoms with van der Waals surface area (Å²) in [7, 11) is -4.48. The van der Waals surface area contributed by atoms with Gasteiger partial charge < -0.3 is 14.4 Å². The number of aliphatic carboxylic acids is 1. The van der Waals surface area contributed by atoms with Gasteiger partial charge in [-0.1, -0.05) is 91.2 Å². The fourth-order valence-electron chi connectivity index (χ4n) is 2.13. The van der Waals surface area contributed by atoms with Crippen molar-refractivity contribution in [3.05, 3.63) is 24.8 Å². The van der Waals surface area contributed by atoms with Crippen LogP contribution in [0.4, 0.5) is 0 Å². The van der Waals surface area contributed by atoms with Crippen LogP contribution in [0.15, 0.2) is 24.8 Å². The summed E-state index contributed by atoms with van der Waals surface area (Å²) in [5.74, 6) is -1.27. The van der Waals surface area contributed by atoms with E-state index in [0.29, 0.717) is 13.0 Å². The average Bonchev–Trinajstić information content (AvgIpc) is 2.72. The number of rotatable bonds is 17. The van der Waals surface area contributed by atoms with Gasteiger partial charge in [-0.3, -0.25) is 4.18 Å². The van der Waals surface area contributed by atoms with Crippen molar-refractivity contribution in [1.82, 2.24) is 0 Å². The molecule has 0 spiro atoms. The van der Waals surface area contributed by atoms with Crippen LogP contribution in [0.25, 0.3) is 0 Å². The molecule has 0 atom stereocenters. The third-order valence-corrected chi connectivity index (χ3v) is 4.45. The Balaban J connectivity index is -0.000000220. The summed E-state index contributed by atoms with van der Waals surface area (Å²) in [4.78, 5) is 19.9. The van der Waals surface area contributed by atoms with Gasteiger partial charge in [-0.2, -0.15) is 0 Å². The number of hydrogen-bond acceptors (Lipinski definition) is 7. The summed E-state index contributed by atoms with van der Waals surface area (Å²) in [5, 5.41) is 7.89. The predicted molar refractivity (Wildman–Crippen MR) is 126 cm³/mol. The van der Waals surface area contributed by atoms with Crippen molar-refractivity contribution in [2.75, 3.05) is 13.2 Å². The molecule has 0 aliphatic carbocycles.